The standard InChI is InChI=1S/C19H13Cl2N3O3/c20-13-1-4-16(5-2-13)26-11-15-10-24(23-22-15)9-12-7-19(25)27-18-8-14(21)3-6-17(12)18/h1-8,10H,9,11H2. The van der Waals surface area contributed by atoms with Crippen molar-refractivity contribution in [2.24, 2.45) is 0 Å². The van der Waals surface area contributed by atoms with Gasteiger partial charge < -0.3 is 9.15 Å². The third-order valence-corrected chi connectivity index (χ3v) is 4.40. The number of hydrogen-bond donors (Lipinski definition) is 0. The summed E-state index contributed by atoms with van der Waals surface area (Å²) in [5.41, 5.74) is 1.44. The Morgan fingerprint density at radius 3 is 2.63 bits per heavy atom. The molecule has 0 radical (unpaired) electrons. The molecule has 0 aliphatic heterocycles. The third-order valence-electron chi connectivity index (χ3n) is 3.91. The van der Waals surface area contributed by atoms with Crippen molar-refractivity contribution in [2.45, 2.75) is 13.2 Å². The number of fused-ring (bicyclic) bond motifs is 1. The number of rotatable bonds is 5. The number of halogens is 2. The summed E-state index contributed by atoms with van der Waals surface area (Å²) in [4.78, 5) is 11.8. The van der Waals surface area contributed by atoms with E-state index in [1.165, 1.54) is 6.07 Å². The molecule has 2 heterocycles. The average Bonchev–Trinajstić information content (AvgIpc) is 3.08. The molecule has 2 aromatic heterocycles. The van der Waals surface area contributed by atoms with Crippen molar-refractivity contribution in [3.63, 3.8) is 0 Å². The van der Waals surface area contributed by atoms with Gasteiger partial charge in [0.2, 0.25) is 0 Å². The predicted octanol–water partition coefficient (Wildman–Crippen LogP) is 4.32. The number of ether oxygens (including phenoxy) is 1. The molecule has 4 aromatic rings. The first-order valence-corrected chi connectivity index (χ1v) is 8.82. The zero-order valence-electron chi connectivity index (χ0n) is 13.9. The fourth-order valence-corrected chi connectivity index (χ4v) is 2.97. The van der Waals surface area contributed by atoms with Crippen molar-refractivity contribution in [3.8, 4) is 5.75 Å². The van der Waals surface area contributed by atoms with Gasteiger partial charge in [-0.05, 0) is 42.0 Å². The van der Waals surface area contributed by atoms with Gasteiger partial charge in [-0.3, -0.25) is 0 Å². The van der Waals surface area contributed by atoms with Crippen LogP contribution in [-0.2, 0) is 13.2 Å². The highest BCUT2D eigenvalue weighted by atomic mass is 35.5. The van der Waals surface area contributed by atoms with E-state index in [1.54, 1.807) is 47.3 Å². The maximum atomic E-state index is 11.8. The number of aromatic nitrogens is 3. The highest BCUT2D eigenvalue weighted by molar-refractivity contribution is 6.31. The zero-order chi connectivity index (χ0) is 18.8. The predicted molar refractivity (Wildman–Crippen MR) is 102 cm³/mol. The van der Waals surface area contributed by atoms with E-state index in [4.69, 9.17) is 32.4 Å². The number of nitrogens with zero attached hydrogens (tertiary/aromatic N) is 3. The lowest BCUT2D eigenvalue weighted by atomic mass is 10.1. The minimum Gasteiger partial charge on any atom is -0.487 e. The number of benzene rings is 2. The molecule has 8 heteroatoms. The fraction of sp³-hybridized carbons (Fsp3) is 0.105. The first-order chi connectivity index (χ1) is 13.1. The van der Waals surface area contributed by atoms with Gasteiger partial charge in [0.1, 0.15) is 23.6 Å². The summed E-state index contributed by atoms with van der Waals surface area (Å²) in [5.74, 6) is 0.692. The summed E-state index contributed by atoms with van der Waals surface area (Å²) >= 11 is 11.8. The molecule has 0 aliphatic carbocycles. The molecule has 0 N–H and O–H groups in total. The molecule has 4 rings (SSSR count). The summed E-state index contributed by atoms with van der Waals surface area (Å²) in [5, 5.41) is 10.2. The lowest BCUT2D eigenvalue weighted by Crippen LogP contribution is -2.06. The van der Waals surface area contributed by atoms with Gasteiger partial charge in [0.25, 0.3) is 0 Å². The van der Waals surface area contributed by atoms with E-state index in [2.05, 4.69) is 10.3 Å². The van der Waals surface area contributed by atoms with Crippen LogP contribution in [0.15, 0.2) is 63.9 Å². The molecule has 0 bridgehead atoms. The van der Waals surface area contributed by atoms with Crippen LogP contribution in [0, 0.1) is 0 Å². The summed E-state index contributed by atoms with van der Waals surface area (Å²) in [6.45, 7) is 0.645. The first kappa shape index (κ1) is 17.6. The van der Waals surface area contributed by atoms with Gasteiger partial charge in [-0.15, -0.1) is 5.10 Å². The second-order valence-corrected chi connectivity index (χ2v) is 6.75. The normalized spacial score (nSPS) is 11.0. The average molecular weight is 402 g/mol. The Kier molecular flexibility index (Phi) is 4.83. The van der Waals surface area contributed by atoms with E-state index in [0.717, 1.165) is 10.9 Å². The summed E-state index contributed by atoms with van der Waals surface area (Å²) in [7, 11) is 0. The van der Waals surface area contributed by atoms with E-state index in [1.807, 2.05) is 6.07 Å². The minimum atomic E-state index is -0.439. The van der Waals surface area contributed by atoms with Crippen LogP contribution >= 0.6 is 23.2 Å². The van der Waals surface area contributed by atoms with Gasteiger partial charge in [-0.2, -0.15) is 0 Å². The molecule has 0 atom stereocenters. The second-order valence-electron chi connectivity index (χ2n) is 5.88. The molecule has 0 unspecified atom stereocenters. The van der Waals surface area contributed by atoms with E-state index in [-0.39, 0.29) is 6.61 Å². The molecular weight excluding hydrogens is 389 g/mol. The van der Waals surface area contributed by atoms with Gasteiger partial charge in [0, 0.05) is 27.6 Å². The Morgan fingerprint density at radius 2 is 1.81 bits per heavy atom. The van der Waals surface area contributed by atoms with Gasteiger partial charge in [0.15, 0.2) is 0 Å². The Balaban J connectivity index is 1.52. The lowest BCUT2D eigenvalue weighted by molar-refractivity contribution is 0.301. The van der Waals surface area contributed by atoms with Crippen LogP contribution in [0.5, 0.6) is 5.75 Å². The van der Waals surface area contributed by atoms with Gasteiger partial charge in [0.05, 0.1) is 12.7 Å². The van der Waals surface area contributed by atoms with Crippen LogP contribution in [0.4, 0.5) is 0 Å². The Bertz CT molecular complexity index is 1150. The topological polar surface area (TPSA) is 70.2 Å². The maximum absolute atomic E-state index is 11.8. The van der Waals surface area contributed by atoms with Crippen LogP contribution in [0.3, 0.4) is 0 Å². The van der Waals surface area contributed by atoms with Crippen molar-refractivity contribution in [3.05, 3.63) is 86.5 Å². The first-order valence-electron chi connectivity index (χ1n) is 8.06. The molecular formula is C19H13Cl2N3O3. The second kappa shape index (κ2) is 7.42. The molecule has 0 aliphatic rings. The molecule has 27 heavy (non-hydrogen) atoms. The molecule has 0 spiro atoms. The quantitative estimate of drug-likeness (QED) is 0.465. The third kappa shape index (κ3) is 4.13. The van der Waals surface area contributed by atoms with Crippen molar-refractivity contribution >= 4 is 34.2 Å². The highest BCUT2D eigenvalue weighted by Crippen LogP contribution is 2.22. The van der Waals surface area contributed by atoms with Crippen LogP contribution in [0.1, 0.15) is 11.3 Å². The molecule has 2 aromatic carbocycles. The summed E-state index contributed by atoms with van der Waals surface area (Å²) in [6, 6.07) is 13.7. The van der Waals surface area contributed by atoms with E-state index in [9.17, 15) is 4.79 Å². The van der Waals surface area contributed by atoms with Gasteiger partial charge >= 0.3 is 5.63 Å². The van der Waals surface area contributed by atoms with E-state index < -0.39 is 5.63 Å². The van der Waals surface area contributed by atoms with Crippen LogP contribution < -0.4 is 10.4 Å². The van der Waals surface area contributed by atoms with Crippen LogP contribution in [0.2, 0.25) is 10.0 Å². The Labute approximate surface area is 163 Å². The van der Waals surface area contributed by atoms with Gasteiger partial charge in [-0.1, -0.05) is 28.4 Å². The molecule has 6 nitrogen and oxygen atoms in total. The number of hydrogen-bond acceptors (Lipinski definition) is 5. The van der Waals surface area contributed by atoms with Crippen LogP contribution in [-0.4, -0.2) is 15.0 Å². The van der Waals surface area contributed by atoms with Crippen molar-refractivity contribution in [1.82, 2.24) is 15.0 Å². The molecule has 0 saturated carbocycles. The van der Waals surface area contributed by atoms with E-state index in [0.29, 0.717) is 33.6 Å². The van der Waals surface area contributed by atoms with E-state index >= 15 is 0 Å². The summed E-state index contributed by atoms with van der Waals surface area (Å²) < 4.78 is 12.5. The lowest BCUT2D eigenvalue weighted by Gasteiger charge is -2.05. The molecule has 0 saturated heterocycles. The molecule has 0 amide bonds. The highest BCUT2D eigenvalue weighted by Gasteiger charge is 2.09. The zero-order valence-corrected chi connectivity index (χ0v) is 15.4. The van der Waals surface area contributed by atoms with Crippen LogP contribution in [0.25, 0.3) is 11.0 Å². The van der Waals surface area contributed by atoms with Crippen molar-refractivity contribution < 1.29 is 9.15 Å². The van der Waals surface area contributed by atoms with Crippen molar-refractivity contribution in [1.29, 1.82) is 0 Å². The van der Waals surface area contributed by atoms with Crippen molar-refractivity contribution in [2.75, 3.05) is 0 Å². The summed E-state index contributed by atoms with van der Waals surface area (Å²) in [6.07, 6.45) is 1.77. The smallest absolute Gasteiger partial charge is 0.336 e. The molecule has 136 valence electrons. The molecule has 0 fully saturated rings. The Hall–Kier alpha value is -2.83. The Morgan fingerprint density at radius 1 is 1.04 bits per heavy atom. The monoisotopic (exact) mass is 401 g/mol. The van der Waals surface area contributed by atoms with Gasteiger partial charge in [-0.25, -0.2) is 9.48 Å². The SMILES string of the molecule is O=c1cc(Cn2cc(COc3ccc(Cl)cc3)nn2)c2ccc(Cl)cc2o1. The minimum absolute atomic E-state index is 0.273. The largest absolute Gasteiger partial charge is 0.487 e. The fourth-order valence-electron chi connectivity index (χ4n) is 2.68. The maximum Gasteiger partial charge on any atom is 0.336 e.